The monoisotopic (exact) mass is 548 g/mol. The molecule has 0 spiro atoms. The summed E-state index contributed by atoms with van der Waals surface area (Å²) in [6.45, 7) is 4.51. The predicted molar refractivity (Wildman–Crippen MR) is 169 cm³/mol. The summed E-state index contributed by atoms with van der Waals surface area (Å²) in [7, 11) is 0. The Hall–Kier alpha value is -2.16. The van der Waals surface area contributed by atoms with Gasteiger partial charge in [-0.15, -0.1) is 0 Å². The number of aryl methyl sites for hydroxylation is 1. The Morgan fingerprint density at radius 1 is 0.700 bits per heavy atom. The Kier molecular flexibility index (Phi) is 12.6. The molecule has 1 aliphatic rings. The number of halogens is 1. The minimum atomic E-state index is -0.413. The van der Waals surface area contributed by atoms with Crippen LogP contribution in [0.4, 0.5) is 4.39 Å². The van der Waals surface area contributed by atoms with Crippen molar-refractivity contribution in [3.63, 3.8) is 0 Å². The Labute approximate surface area is 242 Å². The highest BCUT2D eigenvalue weighted by atomic mass is 19.1. The number of hydrogen-bond acceptors (Lipinski definition) is 2. The molecule has 0 unspecified atom stereocenters. The molecule has 1 saturated carbocycles. The zero-order valence-electron chi connectivity index (χ0n) is 25.4. The van der Waals surface area contributed by atoms with E-state index in [2.05, 4.69) is 19.9 Å². The minimum Gasteiger partial charge on any atom is -0.419 e. The maximum absolute atomic E-state index is 15.4. The van der Waals surface area contributed by atoms with Crippen molar-refractivity contribution in [2.24, 2.45) is 5.92 Å². The molecule has 0 atom stereocenters. The third kappa shape index (κ3) is 8.43. The van der Waals surface area contributed by atoms with Crippen LogP contribution in [0.2, 0.25) is 0 Å². The average Bonchev–Trinajstić information content (AvgIpc) is 2.98. The van der Waals surface area contributed by atoms with Crippen molar-refractivity contribution in [2.45, 2.75) is 148 Å². The third-order valence-electron chi connectivity index (χ3n) is 9.51. The fraction of sp³-hybridized carbons (Fsp3) is 0.649. The molecule has 2 aromatic carbocycles. The summed E-state index contributed by atoms with van der Waals surface area (Å²) in [5, 5.41) is 2.11. The molecule has 3 aromatic rings. The lowest BCUT2D eigenvalue weighted by atomic mass is 9.76. The van der Waals surface area contributed by atoms with Gasteiger partial charge < -0.3 is 4.42 Å². The van der Waals surface area contributed by atoms with Crippen molar-refractivity contribution in [2.75, 3.05) is 0 Å². The van der Waals surface area contributed by atoms with Crippen molar-refractivity contribution in [3.8, 4) is 0 Å². The average molecular weight is 549 g/mol. The van der Waals surface area contributed by atoms with Crippen molar-refractivity contribution in [1.29, 1.82) is 0 Å². The zero-order valence-corrected chi connectivity index (χ0v) is 25.4. The number of rotatable bonds is 17. The van der Waals surface area contributed by atoms with Crippen molar-refractivity contribution in [3.05, 3.63) is 57.7 Å². The molecule has 1 aromatic heterocycles. The second-order valence-electron chi connectivity index (χ2n) is 12.6. The summed E-state index contributed by atoms with van der Waals surface area (Å²) in [5.41, 5.74) is 1.61. The summed E-state index contributed by atoms with van der Waals surface area (Å²) in [6, 6.07) is 10.1. The van der Waals surface area contributed by atoms with E-state index in [1.165, 1.54) is 115 Å². The van der Waals surface area contributed by atoms with Crippen LogP contribution in [0.15, 0.2) is 39.5 Å². The molecule has 2 nitrogen and oxygen atoms in total. The van der Waals surface area contributed by atoms with Gasteiger partial charge in [0.15, 0.2) is 11.4 Å². The highest BCUT2D eigenvalue weighted by molar-refractivity contribution is 6.04. The van der Waals surface area contributed by atoms with Crippen molar-refractivity contribution in [1.82, 2.24) is 0 Å². The van der Waals surface area contributed by atoms with Crippen LogP contribution in [0.3, 0.4) is 0 Å². The van der Waals surface area contributed by atoms with E-state index in [-0.39, 0.29) is 11.4 Å². The minimum absolute atomic E-state index is 0.122. The van der Waals surface area contributed by atoms with Gasteiger partial charge in [0.2, 0.25) is 0 Å². The topological polar surface area (TPSA) is 30.2 Å². The molecule has 3 heteroatoms. The number of benzene rings is 2. The van der Waals surface area contributed by atoms with E-state index in [9.17, 15) is 4.79 Å². The summed E-state index contributed by atoms with van der Waals surface area (Å²) >= 11 is 0. The lowest BCUT2D eigenvalue weighted by Gasteiger charge is -2.29. The molecule has 0 N–H and O–H groups in total. The lowest BCUT2D eigenvalue weighted by molar-refractivity contribution is 0.302. The Morgan fingerprint density at radius 2 is 1.30 bits per heavy atom. The van der Waals surface area contributed by atoms with Gasteiger partial charge in [0.25, 0.3) is 0 Å². The molecule has 1 aliphatic carbocycles. The van der Waals surface area contributed by atoms with Gasteiger partial charge in [0.05, 0.1) is 5.39 Å². The van der Waals surface area contributed by atoms with Gasteiger partial charge in [0.1, 0.15) is 0 Å². The summed E-state index contributed by atoms with van der Waals surface area (Å²) in [5.74, 6) is 1.01. The van der Waals surface area contributed by atoms with Crippen LogP contribution in [0.1, 0.15) is 153 Å². The van der Waals surface area contributed by atoms with E-state index in [4.69, 9.17) is 4.42 Å². The highest BCUT2D eigenvalue weighted by Gasteiger charge is 2.23. The van der Waals surface area contributed by atoms with Gasteiger partial charge in [-0.2, -0.15) is 0 Å². The van der Waals surface area contributed by atoms with Crippen molar-refractivity contribution >= 4 is 21.7 Å². The molecule has 4 rings (SSSR count). The molecule has 0 amide bonds. The van der Waals surface area contributed by atoms with E-state index < -0.39 is 5.63 Å². The molecule has 40 heavy (non-hydrogen) atoms. The number of unbranched alkanes of at least 4 members (excludes halogenated alkanes) is 12. The molecule has 0 aliphatic heterocycles. The second kappa shape index (κ2) is 16.3. The molecule has 220 valence electrons. The first kappa shape index (κ1) is 30.8. The smallest absolute Gasteiger partial charge is 0.344 e. The predicted octanol–water partition coefficient (Wildman–Crippen LogP) is 11.8. The van der Waals surface area contributed by atoms with E-state index >= 15 is 4.39 Å². The highest BCUT2D eigenvalue weighted by Crippen LogP contribution is 2.39. The normalized spacial score (nSPS) is 17.7. The van der Waals surface area contributed by atoms with E-state index in [0.717, 1.165) is 24.1 Å². The number of hydrogen-bond donors (Lipinski definition) is 0. The van der Waals surface area contributed by atoms with Gasteiger partial charge in [-0.3, -0.25) is 0 Å². The molecule has 0 bridgehead atoms. The fourth-order valence-corrected chi connectivity index (χ4v) is 6.92. The fourth-order valence-electron chi connectivity index (χ4n) is 6.92. The first-order valence-corrected chi connectivity index (χ1v) is 16.8. The van der Waals surface area contributed by atoms with Crippen LogP contribution in [-0.4, -0.2) is 0 Å². The van der Waals surface area contributed by atoms with E-state index in [1.807, 2.05) is 24.3 Å². The Balaban J connectivity index is 1.33. The standard InChI is InChI=1S/C37H53FO2/c1-3-5-7-9-11-13-15-17-28-19-21-29(22-20-28)31-24-25-32-33-26-23-30(18-16-14-12-10-8-6-4-2)35(38)36(33)40-37(39)34(32)27-31/h23-29H,3-22H2,1-2H3. The van der Waals surface area contributed by atoms with E-state index in [1.54, 1.807) is 0 Å². The van der Waals surface area contributed by atoms with Crippen LogP contribution in [-0.2, 0) is 6.42 Å². The largest absolute Gasteiger partial charge is 0.419 e. The quantitative estimate of drug-likeness (QED) is 0.0954. The van der Waals surface area contributed by atoms with Crippen LogP contribution in [0.25, 0.3) is 21.7 Å². The van der Waals surface area contributed by atoms with E-state index in [0.29, 0.717) is 28.7 Å². The van der Waals surface area contributed by atoms with Crippen LogP contribution < -0.4 is 5.63 Å². The third-order valence-corrected chi connectivity index (χ3v) is 9.51. The van der Waals surface area contributed by atoms with Gasteiger partial charge in [-0.1, -0.05) is 128 Å². The summed E-state index contributed by atoms with van der Waals surface area (Å²) in [4.78, 5) is 13.0. The SMILES string of the molecule is CCCCCCCCCc1ccc2c(oc(=O)c3cc(C4CCC(CCCCCCCCC)CC4)ccc32)c1F. The van der Waals surface area contributed by atoms with Crippen molar-refractivity contribution < 1.29 is 8.81 Å². The molecular formula is C37H53FO2. The summed E-state index contributed by atoms with van der Waals surface area (Å²) < 4.78 is 21.0. The zero-order chi connectivity index (χ0) is 28.2. The first-order valence-electron chi connectivity index (χ1n) is 16.8. The Morgan fingerprint density at radius 3 is 1.98 bits per heavy atom. The van der Waals surface area contributed by atoms with Gasteiger partial charge in [-0.25, -0.2) is 9.18 Å². The Bertz CT molecular complexity index is 1230. The number of fused-ring (bicyclic) bond motifs is 3. The molecule has 1 heterocycles. The molecule has 0 radical (unpaired) electrons. The second-order valence-corrected chi connectivity index (χ2v) is 12.6. The van der Waals surface area contributed by atoms with Crippen LogP contribution in [0.5, 0.6) is 0 Å². The molecule has 1 fully saturated rings. The molecule has 0 saturated heterocycles. The first-order chi connectivity index (χ1) is 19.6. The maximum atomic E-state index is 15.4. The van der Waals surface area contributed by atoms with Crippen LogP contribution >= 0.6 is 0 Å². The lowest BCUT2D eigenvalue weighted by Crippen LogP contribution is -2.14. The van der Waals surface area contributed by atoms with Gasteiger partial charge in [0, 0.05) is 10.8 Å². The maximum Gasteiger partial charge on any atom is 0.344 e. The van der Waals surface area contributed by atoms with Gasteiger partial charge in [-0.05, 0) is 67.6 Å². The van der Waals surface area contributed by atoms with Crippen LogP contribution in [0, 0.1) is 11.7 Å². The van der Waals surface area contributed by atoms with Gasteiger partial charge >= 0.3 is 5.63 Å². The summed E-state index contributed by atoms with van der Waals surface area (Å²) in [6.07, 6.45) is 25.1. The molecular weight excluding hydrogens is 495 g/mol.